The molecule has 0 unspecified atom stereocenters. The number of nitrogens with one attached hydrogen (secondary N) is 1. The first-order valence-corrected chi connectivity index (χ1v) is 11.4. The Bertz CT molecular complexity index is 1410. The number of hydrogen-bond donors (Lipinski definition) is 2. The van der Waals surface area contributed by atoms with E-state index in [0.717, 1.165) is 47.1 Å². The molecule has 2 aromatic carbocycles. The molecule has 0 radical (unpaired) electrons. The van der Waals surface area contributed by atoms with Gasteiger partial charge in [0.25, 0.3) is 0 Å². The van der Waals surface area contributed by atoms with Crippen molar-refractivity contribution in [2.45, 2.75) is 46.2 Å². The lowest BCUT2D eigenvalue weighted by Gasteiger charge is -2.30. The minimum absolute atomic E-state index is 0.0864. The number of nitrogens with two attached hydrogens (primary N) is 1. The number of anilines is 2. The predicted molar refractivity (Wildman–Crippen MR) is 129 cm³/mol. The largest absolute Gasteiger partial charge is 0.416 e. The quantitative estimate of drug-likeness (QED) is 0.405. The van der Waals surface area contributed by atoms with Crippen molar-refractivity contribution in [2.24, 2.45) is 5.73 Å². The van der Waals surface area contributed by atoms with Gasteiger partial charge in [0.15, 0.2) is 5.82 Å². The monoisotopic (exact) mass is 481 g/mol. The average molecular weight is 482 g/mol. The summed E-state index contributed by atoms with van der Waals surface area (Å²) in [6.07, 6.45) is -3.69. The van der Waals surface area contributed by atoms with Crippen LogP contribution in [-0.2, 0) is 19.3 Å². The highest BCUT2D eigenvalue weighted by molar-refractivity contribution is 5.93. The van der Waals surface area contributed by atoms with Gasteiger partial charge in [-0.05, 0) is 50.1 Å². The fourth-order valence-electron chi connectivity index (χ4n) is 4.72. The van der Waals surface area contributed by atoms with Crippen molar-refractivity contribution >= 4 is 22.3 Å². The number of hydrogen-bond acceptors (Lipinski definition) is 6. The number of rotatable bonds is 4. The Morgan fingerprint density at radius 1 is 1.09 bits per heavy atom. The summed E-state index contributed by atoms with van der Waals surface area (Å²) in [5.74, 6) is 1.44. The molecule has 4 aromatic rings. The van der Waals surface area contributed by atoms with Crippen LogP contribution in [0.5, 0.6) is 0 Å². The van der Waals surface area contributed by atoms with Crippen LogP contribution >= 0.6 is 0 Å². The van der Waals surface area contributed by atoms with Gasteiger partial charge in [-0.3, -0.25) is 0 Å². The molecule has 35 heavy (non-hydrogen) atoms. The van der Waals surface area contributed by atoms with Gasteiger partial charge in [-0.1, -0.05) is 18.2 Å². The number of fused-ring (bicyclic) bond motifs is 2. The summed E-state index contributed by atoms with van der Waals surface area (Å²) < 4.78 is 42.4. The lowest BCUT2D eigenvalue weighted by Crippen LogP contribution is -2.34. The van der Waals surface area contributed by atoms with Crippen molar-refractivity contribution in [3.05, 3.63) is 76.5 Å². The van der Waals surface area contributed by atoms with Gasteiger partial charge in [0.05, 0.1) is 24.0 Å². The number of aromatic nitrogens is 4. The van der Waals surface area contributed by atoms with Crippen LogP contribution in [-0.4, -0.2) is 26.3 Å². The molecule has 5 rings (SSSR count). The third-order valence-corrected chi connectivity index (χ3v) is 6.78. The van der Waals surface area contributed by atoms with E-state index < -0.39 is 17.9 Å². The second kappa shape index (κ2) is 8.53. The number of benzene rings is 2. The minimum Gasteiger partial charge on any atom is -0.362 e. The molecule has 182 valence electrons. The van der Waals surface area contributed by atoms with Crippen molar-refractivity contribution in [1.29, 1.82) is 0 Å². The summed E-state index contributed by atoms with van der Waals surface area (Å²) in [5.41, 5.74) is 9.29. The summed E-state index contributed by atoms with van der Waals surface area (Å²) in [6.45, 7) is 7.90. The first-order valence-electron chi connectivity index (χ1n) is 11.4. The van der Waals surface area contributed by atoms with E-state index in [-0.39, 0.29) is 5.56 Å². The van der Waals surface area contributed by atoms with Crippen LogP contribution in [0.3, 0.4) is 0 Å². The number of alkyl halides is 3. The van der Waals surface area contributed by atoms with Crippen LogP contribution < -0.4 is 16.0 Å². The minimum atomic E-state index is -4.45. The third-order valence-electron chi connectivity index (χ3n) is 6.78. The summed E-state index contributed by atoms with van der Waals surface area (Å²) in [6, 6.07) is 10.0. The molecule has 3 N–H and O–H groups in total. The number of imidazole rings is 1. The second-order valence-electron chi connectivity index (χ2n) is 8.88. The molecule has 2 aromatic heterocycles. The Morgan fingerprint density at radius 2 is 1.89 bits per heavy atom. The molecule has 1 aliphatic rings. The van der Waals surface area contributed by atoms with Gasteiger partial charge < -0.3 is 20.5 Å². The molecule has 0 spiro atoms. The highest BCUT2D eigenvalue weighted by Gasteiger charge is 2.33. The number of halogens is 3. The highest BCUT2D eigenvalue weighted by Crippen LogP contribution is 2.35. The van der Waals surface area contributed by atoms with Gasteiger partial charge in [-0.15, -0.1) is 5.10 Å². The Labute approximate surface area is 200 Å². The Morgan fingerprint density at radius 3 is 2.66 bits per heavy atom. The number of nitrogens with zero attached hydrogens (tertiary/aromatic N) is 5. The van der Waals surface area contributed by atoms with E-state index in [9.17, 15) is 13.2 Å². The lowest BCUT2D eigenvalue weighted by molar-refractivity contribution is -0.138. The van der Waals surface area contributed by atoms with Crippen molar-refractivity contribution in [3.63, 3.8) is 0 Å². The van der Waals surface area contributed by atoms with Gasteiger partial charge in [0.2, 0.25) is 0 Å². The van der Waals surface area contributed by atoms with Crippen LogP contribution in [0.4, 0.5) is 24.7 Å². The van der Waals surface area contributed by atoms with E-state index in [1.54, 1.807) is 12.3 Å². The van der Waals surface area contributed by atoms with E-state index in [1.165, 1.54) is 18.7 Å². The molecular weight excluding hydrogens is 455 g/mol. The van der Waals surface area contributed by atoms with Crippen LogP contribution in [0.25, 0.3) is 10.8 Å². The maximum absolute atomic E-state index is 13.4. The Hall–Kier alpha value is -3.66. The third kappa shape index (κ3) is 4.18. The average Bonchev–Trinajstić information content (AvgIpc) is 3.11. The molecule has 3 heterocycles. The zero-order valence-corrected chi connectivity index (χ0v) is 19.7. The van der Waals surface area contributed by atoms with E-state index in [1.807, 2.05) is 25.1 Å². The fraction of sp³-hybridized carbons (Fsp3) is 0.320. The summed E-state index contributed by atoms with van der Waals surface area (Å²) >= 11 is 0. The zero-order chi connectivity index (χ0) is 24.9. The molecule has 1 atom stereocenters. The Kier molecular flexibility index (Phi) is 5.63. The van der Waals surface area contributed by atoms with Gasteiger partial charge in [0, 0.05) is 35.2 Å². The Balaban J connectivity index is 1.46. The molecular formula is C25H26F3N7. The fourth-order valence-corrected chi connectivity index (χ4v) is 4.72. The first kappa shape index (κ1) is 23.1. The van der Waals surface area contributed by atoms with E-state index in [4.69, 9.17) is 10.7 Å². The summed E-state index contributed by atoms with van der Waals surface area (Å²) in [4.78, 5) is 6.95. The molecule has 0 aliphatic carbocycles. The van der Waals surface area contributed by atoms with Gasteiger partial charge in [0.1, 0.15) is 12.0 Å². The van der Waals surface area contributed by atoms with Crippen LogP contribution in [0, 0.1) is 20.8 Å². The molecule has 0 saturated heterocycles. The molecule has 0 bridgehead atoms. The highest BCUT2D eigenvalue weighted by atomic mass is 19.4. The van der Waals surface area contributed by atoms with E-state index in [2.05, 4.69) is 31.9 Å². The number of aryl methyl sites for hydroxylation is 1. The molecule has 10 heteroatoms. The zero-order valence-electron chi connectivity index (χ0n) is 19.7. The normalized spacial score (nSPS) is 14.8. The lowest BCUT2D eigenvalue weighted by atomic mass is 10.00. The molecule has 0 fully saturated rings. The van der Waals surface area contributed by atoms with Gasteiger partial charge in [-0.2, -0.15) is 18.3 Å². The van der Waals surface area contributed by atoms with E-state index >= 15 is 0 Å². The standard InChI is InChI=1S/C25H26F3N7/c1-14-19(5-4-6-21(14)25(26,27)28)23(29)32-24-20-11-18(8-7-17(20)12-30-33-24)34-9-10-35-16(3)15(2)31-22(35)13-34/h4-8,11-12,23H,9-10,13,29H2,1-3H3,(H,32,33)/t23-/m0/s1. The maximum atomic E-state index is 13.4. The van der Waals surface area contributed by atoms with Crippen LogP contribution in [0.15, 0.2) is 42.6 Å². The SMILES string of the molecule is Cc1nc2n(c1C)CCN(c1ccc3cnnc(N[C@H](N)c4cccc(C(F)(F)F)c4C)c3c1)C2. The van der Waals surface area contributed by atoms with Crippen LogP contribution in [0.2, 0.25) is 0 Å². The van der Waals surface area contributed by atoms with Gasteiger partial charge >= 0.3 is 6.18 Å². The molecule has 1 aliphatic heterocycles. The van der Waals surface area contributed by atoms with Crippen LogP contribution in [0.1, 0.15) is 40.1 Å². The smallest absolute Gasteiger partial charge is 0.362 e. The first-order chi connectivity index (χ1) is 16.6. The van der Waals surface area contributed by atoms with Crippen molar-refractivity contribution in [3.8, 4) is 0 Å². The van der Waals surface area contributed by atoms with Crippen molar-refractivity contribution in [2.75, 3.05) is 16.8 Å². The topological polar surface area (TPSA) is 84.9 Å². The molecule has 7 nitrogen and oxygen atoms in total. The summed E-state index contributed by atoms with van der Waals surface area (Å²) in [7, 11) is 0. The maximum Gasteiger partial charge on any atom is 0.416 e. The molecule has 0 amide bonds. The second-order valence-corrected chi connectivity index (χ2v) is 8.88. The molecule has 0 saturated carbocycles. The van der Waals surface area contributed by atoms with Crippen molar-refractivity contribution in [1.82, 2.24) is 19.7 Å². The summed E-state index contributed by atoms with van der Waals surface area (Å²) in [5, 5.41) is 13.0. The van der Waals surface area contributed by atoms with E-state index in [0.29, 0.717) is 17.9 Å². The predicted octanol–water partition coefficient (Wildman–Crippen LogP) is 4.86. The van der Waals surface area contributed by atoms with Crippen molar-refractivity contribution < 1.29 is 13.2 Å². The van der Waals surface area contributed by atoms with Gasteiger partial charge in [-0.25, -0.2) is 4.98 Å².